The quantitative estimate of drug-likeness (QED) is 0.375. The Hall–Kier alpha value is -3.24. The minimum absolute atomic E-state index is 0.0506. The average molecular weight is 571 g/mol. The Labute approximate surface area is 240 Å². The molecular weight excluding hydrogens is 532 g/mol. The number of amides is 2. The highest BCUT2D eigenvalue weighted by Crippen LogP contribution is 2.32. The van der Waals surface area contributed by atoms with Gasteiger partial charge in [-0.3, -0.25) is 9.69 Å². The summed E-state index contributed by atoms with van der Waals surface area (Å²) in [5, 5.41) is 3.84. The maximum absolute atomic E-state index is 12.5. The molecule has 2 amide bonds. The van der Waals surface area contributed by atoms with Crippen LogP contribution >= 0.6 is 11.6 Å². The number of carbonyl (C=O) groups excluding carboxylic acids is 2. The van der Waals surface area contributed by atoms with Crippen LogP contribution < -0.4 is 0 Å². The van der Waals surface area contributed by atoms with Crippen LogP contribution in [0.15, 0.2) is 47.8 Å². The summed E-state index contributed by atoms with van der Waals surface area (Å²) in [5.41, 5.74) is 0.749. The van der Waals surface area contributed by atoms with Gasteiger partial charge in [0.1, 0.15) is 11.4 Å². The third-order valence-electron chi connectivity index (χ3n) is 7.42. The van der Waals surface area contributed by atoms with Crippen LogP contribution in [-0.2, 0) is 29.0 Å². The first-order valence-electron chi connectivity index (χ1n) is 13.8. The van der Waals surface area contributed by atoms with Gasteiger partial charge in [0.05, 0.1) is 12.7 Å². The van der Waals surface area contributed by atoms with Crippen molar-refractivity contribution < 1.29 is 14.3 Å². The second-order valence-electron chi connectivity index (χ2n) is 11.5. The first-order chi connectivity index (χ1) is 19.1. The molecule has 0 radical (unpaired) electrons. The zero-order valence-electron chi connectivity index (χ0n) is 23.8. The number of carbonyl (C=O) groups is 2. The Morgan fingerprint density at radius 3 is 2.40 bits per heavy atom. The molecule has 0 spiro atoms. The number of aryl methyl sites for hydroxylation is 1. The van der Waals surface area contributed by atoms with Gasteiger partial charge in [-0.05, 0) is 55.8 Å². The van der Waals surface area contributed by atoms with Crippen molar-refractivity contribution in [1.82, 2.24) is 24.3 Å². The summed E-state index contributed by atoms with van der Waals surface area (Å²) in [5.74, 6) is 1.86. The third-order valence-corrected chi connectivity index (χ3v) is 7.79. The highest BCUT2D eigenvalue weighted by molar-refractivity contribution is 6.31. The predicted molar refractivity (Wildman–Crippen MR) is 154 cm³/mol. The van der Waals surface area contributed by atoms with Crippen molar-refractivity contribution >= 4 is 29.4 Å². The number of hydrogen-bond acceptors (Lipinski definition) is 7. The number of nitroso groups, excluding NO2 is 1. The molecule has 2 aromatic rings. The highest BCUT2D eigenvalue weighted by atomic mass is 35.5. The Morgan fingerprint density at radius 2 is 1.80 bits per heavy atom. The van der Waals surface area contributed by atoms with Gasteiger partial charge in [-0.25, -0.2) is 9.78 Å². The van der Waals surface area contributed by atoms with Crippen molar-refractivity contribution in [3.63, 3.8) is 0 Å². The summed E-state index contributed by atoms with van der Waals surface area (Å²) in [6, 6.07) is 7.91. The molecule has 0 aliphatic carbocycles. The van der Waals surface area contributed by atoms with Gasteiger partial charge in [-0.2, -0.15) is 0 Å². The fourth-order valence-corrected chi connectivity index (χ4v) is 5.68. The number of nitrogens with zero attached hydrogens (tertiary/aromatic N) is 6. The molecule has 10 nitrogen and oxygen atoms in total. The molecule has 0 saturated carbocycles. The standard InChI is InChI=1S/C21H30N6O4.C8H9Cl/c1-21(2,3)31-20(29)26-12-15-10-24(11-16(15)13-26)6-4-5-19(28)25-7-8-27-17(23-30)9-22-18(27)14-25;1-2-7-5-3-4-6-8(7)9/h4-5,9,15-16H,6-8,10-14H2,1-3H3;3-6H,2H2,1H3/b5-4+;. The van der Waals surface area contributed by atoms with Gasteiger partial charge in [0.2, 0.25) is 5.91 Å². The molecule has 5 rings (SSSR count). The minimum Gasteiger partial charge on any atom is -0.444 e. The van der Waals surface area contributed by atoms with Crippen molar-refractivity contribution in [1.29, 1.82) is 0 Å². The SMILES string of the molecule is CC(C)(C)OC(=O)N1CC2CN(C/C=C/C(=O)N3CCn4c(N=O)cnc4C3)CC2C1.CCc1ccccc1Cl. The molecule has 40 heavy (non-hydrogen) atoms. The normalized spacial score (nSPS) is 20.6. The van der Waals surface area contributed by atoms with Crippen LogP contribution in [0.5, 0.6) is 0 Å². The van der Waals surface area contributed by atoms with E-state index in [9.17, 15) is 14.5 Å². The molecule has 1 aromatic carbocycles. The van der Waals surface area contributed by atoms with E-state index in [4.69, 9.17) is 16.3 Å². The number of ether oxygens (including phenoxy) is 1. The summed E-state index contributed by atoms with van der Waals surface area (Å²) in [7, 11) is 0. The summed E-state index contributed by atoms with van der Waals surface area (Å²) < 4.78 is 7.24. The molecule has 0 bridgehead atoms. The van der Waals surface area contributed by atoms with Crippen molar-refractivity contribution in [2.24, 2.45) is 17.0 Å². The van der Waals surface area contributed by atoms with Crippen LogP contribution in [0.2, 0.25) is 5.02 Å². The van der Waals surface area contributed by atoms with E-state index in [0.29, 0.717) is 49.7 Å². The second kappa shape index (κ2) is 13.0. The summed E-state index contributed by atoms with van der Waals surface area (Å²) >= 11 is 5.82. The molecule has 0 N–H and O–H groups in total. The number of hydrogen-bond donors (Lipinski definition) is 0. The van der Waals surface area contributed by atoms with Crippen molar-refractivity contribution in [2.75, 3.05) is 39.3 Å². The Morgan fingerprint density at radius 1 is 1.10 bits per heavy atom. The monoisotopic (exact) mass is 570 g/mol. The second-order valence-corrected chi connectivity index (χ2v) is 11.9. The van der Waals surface area contributed by atoms with Gasteiger partial charge in [0, 0.05) is 56.9 Å². The van der Waals surface area contributed by atoms with Crippen LogP contribution in [-0.4, -0.2) is 81.1 Å². The van der Waals surface area contributed by atoms with E-state index in [2.05, 4.69) is 22.0 Å². The van der Waals surface area contributed by atoms with E-state index >= 15 is 0 Å². The molecule has 4 heterocycles. The van der Waals surface area contributed by atoms with E-state index < -0.39 is 5.60 Å². The lowest BCUT2D eigenvalue weighted by atomic mass is 10.0. The molecule has 216 valence electrons. The number of imidazole rings is 1. The Kier molecular flexibility index (Phi) is 9.63. The molecule has 11 heteroatoms. The van der Waals surface area contributed by atoms with E-state index in [1.54, 1.807) is 15.5 Å². The lowest BCUT2D eigenvalue weighted by Gasteiger charge is -2.27. The average Bonchev–Trinajstić information content (AvgIpc) is 3.61. The molecule has 3 aliphatic heterocycles. The zero-order valence-corrected chi connectivity index (χ0v) is 24.5. The van der Waals surface area contributed by atoms with Crippen LogP contribution in [0.3, 0.4) is 0 Å². The van der Waals surface area contributed by atoms with E-state index in [0.717, 1.165) is 37.6 Å². The molecule has 2 saturated heterocycles. The molecular formula is C29H39ClN6O4. The maximum Gasteiger partial charge on any atom is 0.410 e. The molecule has 3 aliphatic rings. The number of likely N-dealkylation sites (tertiary alicyclic amines) is 2. The first kappa shape index (κ1) is 29.7. The summed E-state index contributed by atoms with van der Waals surface area (Å²) in [6.45, 7) is 13.2. The summed E-state index contributed by atoms with van der Waals surface area (Å²) in [6.07, 6.45) is 5.77. The Bertz CT molecular complexity index is 1230. The lowest BCUT2D eigenvalue weighted by molar-refractivity contribution is -0.127. The van der Waals surface area contributed by atoms with Crippen molar-refractivity contribution in [2.45, 2.75) is 52.8 Å². The first-order valence-corrected chi connectivity index (χ1v) is 14.2. The van der Waals surface area contributed by atoms with Gasteiger partial charge in [0.15, 0.2) is 5.82 Å². The largest absolute Gasteiger partial charge is 0.444 e. The minimum atomic E-state index is -0.473. The zero-order chi connectivity index (χ0) is 28.9. The van der Waals surface area contributed by atoms with E-state index in [1.165, 1.54) is 11.8 Å². The number of aromatic nitrogens is 2. The fourth-order valence-electron chi connectivity index (χ4n) is 5.41. The van der Waals surface area contributed by atoms with Crippen LogP contribution in [0, 0.1) is 16.7 Å². The number of halogens is 1. The predicted octanol–water partition coefficient (Wildman–Crippen LogP) is 4.88. The summed E-state index contributed by atoms with van der Waals surface area (Å²) in [4.78, 5) is 45.6. The topological polar surface area (TPSA) is 100 Å². The van der Waals surface area contributed by atoms with Gasteiger partial charge in [0.25, 0.3) is 0 Å². The molecule has 2 fully saturated rings. The van der Waals surface area contributed by atoms with Gasteiger partial charge in [-0.15, -0.1) is 4.91 Å². The van der Waals surface area contributed by atoms with Crippen LogP contribution in [0.4, 0.5) is 10.6 Å². The number of benzene rings is 1. The highest BCUT2D eigenvalue weighted by Gasteiger charge is 2.42. The van der Waals surface area contributed by atoms with Crippen LogP contribution in [0.25, 0.3) is 0 Å². The van der Waals surface area contributed by atoms with Gasteiger partial charge >= 0.3 is 6.09 Å². The molecule has 1 aromatic heterocycles. The third kappa shape index (κ3) is 7.48. The fraction of sp³-hybridized carbons (Fsp3) is 0.552. The molecule has 2 atom stereocenters. The smallest absolute Gasteiger partial charge is 0.410 e. The maximum atomic E-state index is 12.5. The lowest BCUT2D eigenvalue weighted by Crippen LogP contribution is -2.38. The van der Waals surface area contributed by atoms with Gasteiger partial charge < -0.3 is 19.1 Å². The Balaban J connectivity index is 0.000000350. The van der Waals surface area contributed by atoms with E-state index in [1.807, 2.05) is 56.0 Å². The molecule has 2 unspecified atom stereocenters. The van der Waals surface area contributed by atoms with Crippen molar-refractivity contribution in [3.8, 4) is 0 Å². The van der Waals surface area contributed by atoms with Crippen molar-refractivity contribution in [3.05, 3.63) is 63.9 Å². The number of fused-ring (bicyclic) bond motifs is 2. The van der Waals surface area contributed by atoms with Crippen LogP contribution in [0.1, 0.15) is 39.1 Å². The van der Waals surface area contributed by atoms with Gasteiger partial charge in [-0.1, -0.05) is 42.8 Å². The van der Waals surface area contributed by atoms with E-state index in [-0.39, 0.29) is 12.0 Å². The number of rotatable bonds is 5.